The highest BCUT2D eigenvalue weighted by molar-refractivity contribution is 7.84. The third-order valence-corrected chi connectivity index (χ3v) is 2.84. The molecule has 0 aliphatic carbocycles. The molecule has 0 rings (SSSR count). The first-order chi connectivity index (χ1) is 5.31. The highest BCUT2D eigenvalue weighted by atomic mass is 32.2. The molecule has 0 fully saturated rings. The fraction of sp³-hybridized carbons (Fsp3) is 1.00. The van der Waals surface area contributed by atoms with E-state index in [9.17, 15) is 4.21 Å². The third kappa shape index (κ3) is 8.01. The van der Waals surface area contributed by atoms with E-state index in [0.29, 0.717) is 0 Å². The van der Waals surface area contributed by atoms with Crippen LogP contribution in [0.25, 0.3) is 0 Å². The van der Waals surface area contributed by atoms with Crippen molar-refractivity contribution < 1.29 is 4.21 Å². The van der Waals surface area contributed by atoms with Gasteiger partial charge >= 0.3 is 0 Å². The third-order valence-electron chi connectivity index (χ3n) is 1.54. The van der Waals surface area contributed by atoms with Gasteiger partial charge in [-0.25, -0.2) is 0 Å². The van der Waals surface area contributed by atoms with Crippen LogP contribution < -0.4 is 5.32 Å². The zero-order valence-electron chi connectivity index (χ0n) is 7.56. The van der Waals surface area contributed by atoms with Crippen LogP contribution in [0.2, 0.25) is 0 Å². The van der Waals surface area contributed by atoms with Gasteiger partial charge in [0.2, 0.25) is 0 Å². The molecule has 1 atom stereocenters. The van der Waals surface area contributed by atoms with Crippen LogP contribution >= 0.6 is 0 Å². The summed E-state index contributed by atoms with van der Waals surface area (Å²) in [5.74, 6) is 1.59. The molecule has 0 radical (unpaired) electrons. The summed E-state index contributed by atoms with van der Waals surface area (Å²) in [6, 6.07) is 0. The minimum absolute atomic E-state index is 0.595. The van der Waals surface area contributed by atoms with Gasteiger partial charge in [-0.05, 0) is 13.0 Å². The molecule has 0 aliphatic rings. The summed E-state index contributed by atoms with van der Waals surface area (Å²) in [5, 5.41) is 3.26. The fourth-order valence-electron chi connectivity index (χ4n) is 0.757. The summed E-state index contributed by atoms with van der Waals surface area (Å²) in [6.07, 6.45) is 2.45. The first-order valence-electron chi connectivity index (χ1n) is 4.37. The number of hydrogen-bond acceptors (Lipinski definition) is 2. The Labute approximate surface area is 72.2 Å². The van der Waals surface area contributed by atoms with E-state index in [2.05, 4.69) is 12.2 Å². The van der Waals surface area contributed by atoms with Crippen molar-refractivity contribution in [1.82, 2.24) is 5.32 Å². The number of rotatable bonds is 7. The molecule has 0 aromatic carbocycles. The van der Waals surface area contributed by atoms with Gasteiger partial charge in [-0.2, -0.15) is 0 Å². The predicted molar refractivity (Wildman–Crippen MR) is 51.3 cm³/mol. The second kappa shape index (κ2) is 8.21. The van der Waals surface area contributed by atoms with E-state index in [0.717, 1.165) is 24.6 Å². The highest BCUT2D eigenvalue weighted by Crippen LogP contribution is 1.83. The summed E-state index contributed by atoms with van der Waals surface area (Å²) in [5.41, 5.74) is 0. The maximum Gasteiger partial charge on any atom is 0.0359 e. The molecule has 0 spiro atoms. The molecule has 0 amide bonds. The maximum atomic E-state index is 10.9. The molecule has 0 aliphatic heterocycles. The summed E-state index contributed by atoms with van der Waals surface area (Å²) in [4.78, 5) is 0. The van der Waals surface area contributed by atoms with E-state index in [1.807, 2.05) is 6.92 Å². The molecule has 1 unspecified atom stereocenters. The van der Waals surface area contributed by atoms with Crippen molar-refractivity contribution >= 4 is 10.8 Å². The van der Waals surface area contributed by atoms with Crippen LogP contribution in [0.15, 0.2) is 0 Å². The predicted octanol–water partition coefficient (Wildman–Crippen LogP) is 1.14. The lowest BCUT2D eigenvalue weighted by Gasteiger charge is -2.01. The molecule has 68 valence electrons. The minimum atomic E-state index is -0.595. The van der Waals surface area contributed by atoms with Crippen molar-refractivity contribution in [2.45, 2.75) is 26.7 Å². The topological polar surface area (TPSA) is 29.1 Å². The maximum absolute atomic E-state index is 10.9. The summed E-state index contributed by atoms with van der Waals surface area (Å²) < 4.78 is 10.9. The van der Waals surface area contributed by atoms with Crippen molar-refractivity contribution in [2.75, 3.05) is 24.6 Å². The molecule has 0 aromatic heterocycles. The summed E-state index contributed by atoms with van der Waals surface area (Å²) in [7, 11) is -0.595. The Balaban J connectivity index is 2.95. The van der Waals surface area contributed by atoms with Crippen LogP contribution in [-0.4, -0.2) is 28.8 Å². The van der Waals surface area contributed by atoms with Crippen molar-refractivity contribution in [1.29, 1.82) is 0 Å². The molecule has 0 saturated carbocycles. The van der Waals surface area contributed by atoms with Crippen molar-refractivity contribution in [2.24, 2.45) is 0 Å². The molecule has 0 heterocycles. The molecular formula is C8H19NOS. The van der Waals surface area contributed by atoms with Gasteiger partial charge in [0.1, 0.15) is 0 Å². The Kier molecular flexibility index (Phi) is 8.29. The average Bonchev–Trinajstić information content (AvgIpc) is 2.04. The van der Waals surface area contributed by atoms with Gasteiger partial charge in [0.25, 0.3) is 0 Å². The molecule has 2 nitrogen and oxygen atoms in total. The molecule has 0 bridgehead atoms. The smallest absolute Gasteiger partial charge is 0.0359 e. The monoisotopic (exact) mass is 177 g/mol. The van der Waals surface area contributed by atoms with E-state index in [-0.39, 0.29) is 0 Å². The van der Waals surface area contributed by atoms with Crippen LogP contribution in [0.5, 0.6) is 0 Å². The Bertz CT molecular complexity index is 106. The zero-order chi connectivity index (χ0) is 8.53. The molecule has 3 heteroatoms. The second-order valence-electron chi connectivity index (χ2n) is 2.54. The first kappa shape index (κ1) is 11.1. The normalized spacial score (nSPS) is 13.3. The Morgan fingerprint density at radius 2 is 2.00 bits per heavy atom. The lowest BCUT2D eigenvalue weighted by atomic mass is 10.3. The standard InChI is InChI=1S/C8H19NOS/c1-3-5-6-9-7-8-11(10)4-2/h9H,3-8H2,1-2H3. The second-order valence-corrected chi connectivity index (χ2v) is 4.40. The average molecular weight is 177 g/mol. The summed E-state index contributed by atoms with van der Waals surface area (Å²) in [6.45, 7) is 6.10. The van der Waals surface area contributed by atoms with Gasteiger partial charge in [0, 0.05) is 28.9 Å². The minimum Gasteiger partial charge on any atom is -0.316 e. The van der Waals surface area contributed by atoms with Crippen LogP contribution in [0.4, 0.5) is 0 Å². The molecule has 1 N–H and O–H groups in total. The highest BCUT2D eigenvalue weighted by Gasteiger charge is 1.93. The van der Waals surface area contributed by atoms with Gasteiger partial charge in [-0.15, -0.1) is 0 Å². The Morgan fingerprint density at radius 3 is 2.55 bits per heavy atom. The van der Waals surface area contributed by atoms with E-state index >= 15 is 0 Å². The van der Waals surface area contributed by atoms with E-state index in [1.165, 1.54) is 12.8 Å². The van der Waals surface area contributed by atoms with Gasteiger partial charge in [-0.3, -0.25) is 4.21 Å². The quantitative estimate of drug-likeness (QED) is 0.591. The van der Waals surface area contributed by atoms with Crippen LogP contribution in [0, 0.1) is 0 Å². The Morgan fingerprint density at radius 1 is 1.27 bits per heavy atom. The number of hydrogen-bond donors (Lipinski definition) is 1. The van der Waals surface area contributed by atoms with E-state index in [1.54, 1.807) is 0 Å². The van der Waals surface area contributed by atoms with Crippen molar-refractivity contribution in [3.63, 3.8) is 0 Å². The zero-order valence-corrected chi connectivity index (χ0v) is 8.38. The Hall–Kier alpha value is 0.110. The van der Waals surface area contributed by atoms with E-state index < -0.39 is 10.8 Å². The van der Waals surface area contributed by atoms with Crippen molar-refractivity contribution in [3.05, 3.63) is 0 Å². The van der Waals surface area contributed by atoms with E-state index in [4.69, 9.17) is 0 Å². The van der Waals surface area contributed by atoms with Gasteiger partial charge in [0.05, 0.1) is 0 Å². The van der Waals surface area contributed by atoms with Gasteiger partial charge in [0.15, 0.2) is 0 Å². The number of unbranched alkanes of at least 4 members (excludes halogenated alkanes) is 1. The van der Waals surface area contributed by atoms with Crippen LogP contribution in [0.3, 0.4) is 0 Å². The number of nitrogens with one attached hydrogen (secondary N) is 1. The fourth-order valence-corrected chi connectivity index (χ4v) is 1.42. The van der Waals surface area contributed by atoms with Gasteiger partial charge < -0.3 is 5.32 Å². The molecule has 0 aromatic rings. The van der Waals surface area contributed by atoms with Gasteiger partial charge in [-0.1, -0.05) is 20.3 Å². The van der Waals surface area contributed by atoms with Crippen LogP contribution in [0.1, 0.15) is 26.7 Å². The first-order valence-corrected chi connectivity index (χ1v) is 5.85. The molecule has 11 heavy (non-hydrogen) atoms. The van der Waals surface area contributed by atoms with Crippen LogP contribution in [-0.2, 0) is 10.8 Å². The molecule has 0 saturated heterocycles. The molecular weight excluding hydrogens is 158 g/mol. The summed E-state index contributed by atoms with van der Waals surface area (Å²) >= 11 is 0. The SMILES string of the molecule is CCCCNCCS(=O)CC. The largest absolute Gasteiger partial charge is 0.316 e. The lowest BCUT2D eigenvalue weighted by molar-refractivity contribution is 0.653. The van der Waals surface area contributed by atoms with Crippen molar-refractivity contribution in [3.8, 4) is 0 Å². The lowest BCUT2D eigenvalue weighted by Crippen LogP contribution is -2.21.